The molecule has 4 aliphatic heterocycles. The molecule has 2 unspecified atom stereocenters. The summed E-state index contributed by atoms with van der Waals surface area (Å²) in [5.41, 5.74) is 0.644. The van der Waals surface area contributed by atoms with Gasteiger partial charge in [-0.25, -0.2) is 23.1 Å². The van der Waals surface area contributed by atoms with E-state index in [-0.39, 0.29) is 29.1 Å². The summed E-state index contributed by atoms with van der Waals surface area (Å²) in [6.45, 7) is 10.5. The number of rotatable bonds is 2. The van der Waals surface area contributed by atoms with Gasteiger partial charge in [-0.3, -0.25) is 14.3 Å². The maximum Gasteiger partial charge on any atom is 0.278 e. The highest BCUT2D eigenvalue weighted by Gasteiger charge is 2.48. The SMILES string of the molecule is C=C[C@H]1Nc2ncnc3c2cc(C2CCOCC2)c(=O)n3CCCCCCCN2C(C)CC(CC2C)C(F)(F)c2cccc1c2F. The Morgan fingerprint density at radius 1 is 1.00 bits per heavy atom. The number of nitrogens with zero attached hydrogens (tertiary/aromatic N) is 4. The lowest BCUT2D eigenvalue weighted by molar-refractivity contribution is -0.107. The molecule has 46 heavy (non-hydrogen) atoms. The second kappa shape index (κ2) is 13.9. The van der Waals surface area contributed by atoms with Crippen molar-refractivity contribution >= 4 is 16.9 Å². The van der Waals surface area contributed by atoms with Crippen molar-refractivity contribution in [3.8, 4) is 0 Å². The zero-order valence-corrected chi connectivity index (χ0v) is 27.0. The Kier molecular flexibility index (Phi) is 9.85. The third-order valence-corrected chi connectivity index (χ3v) is 10.5. The largest absolute Gasteiger partial charge is 0.381 e. The number of pyridine rings is 1. The third kappa shape index (κ3) is 6.35. The molecule has 10 heteroatoms. The molecule has 3 atom stereocenters. The van der Waals surface area contributed by atoms with Gasteiger partial charge in [0.05, 0.1) is 17.0 Å². The molecular formula is C36H46F3N5O2. The van der Waals surface area contributed by atoms with Crippen molar-refractivity contribution in [2.75, 3.05) is 25.1 Å². The molecule has 0 saturated carbocycles. The lowest BCUT2D eigenvalue weighted by atomic mass is 9.79. The number of nitrogens with one attached hydrogen (secondary N) is 1. The number of hydrogen-bond acceptors (Lipinski definition) is 6. The van der Waals surface area contributed by atoms with Crippen LogP contribution < -0.4 is 10.9 Å². The van der Waals surface area contributed by atoms with E-state index in [4.69, 9.17) is 4.74 Å². The number of aryl methyl sites for hydroxylation is 1. The summed E-state index contributed by atoms with van der Waals surface area (Å²) in [6, 6.07) is 5.19. The predicted molar refractivity (Wildman–Crippen MR) is 175 cm³/mol. The van der Waals surface area contributed by atoms with Gasteiger partial charge in [-0.2, -0.15) is 0 Å². The van der Waals surface area contributed by atoms with Crippen molar-refractivity contribution in [3.05, 3.63) is 76.1 Å². The van der Waals surface area contributed by atoms with E-state index >= 15 is 13.2 Å². The van der Waals surface area contributed by atoms with Crippen molar-refractivity contribution in [2.45, 2.75) is 108 Å². The van der Waals surface area contributed by atoms with Crippen LogP contribution in [-0.2, 0) is 17.2 Å². The Morgan fingerprint density at radius 3 is 2.41 bits per heavy atom. The van der Waals surface area contributed by atoms with E-state index in [9.17, 15) is 4.79 Å². The summed E-state index contributed by atoms with van der Waals surface area (Å²) >= 11 is 0. The van der Waals surface area contributed by atoms with Crippen molar-refractivity contribution in [1.82, 2.24) is 19.4 Å². The minimum atomic E-state index is -3.34. The number of alkyl halides is 2. The van der Waals surface area contributed by atoms with Gasteiger partial charge in [0.1, 0.15) is 23.6 Å². The Bertz CT molecular complexity index is 1590. The molecule has 2 aromatic heterocycles. The van der Waals surface area contributed by atoms with Gasteiger partial charge in [-0.15, -0.1) is 6.58 Å². The van der Waals surface area contributed by atoms with Gasteiger partial charge in [-0.1, -0.05) is 43.5 Å². The number of benzene rings is 1. The molecule has 6 heterocycles. The molecule has 8 bridgehead atoms. The van der Waals surface area contributed by atoms with Crippen LogP contribution in [0.25, 0.3) is 11.0 Å². The van der Waals surface area contributed by atoms with Crippen molar-refractivity contribution in [2.24, 2.45) is 5.92 Å². The van der Waals surface area contributed by atoms with Crippen molar-refractivity contribution < 1.29 is 17.9 Å². The zero-order valence-electron chi connectivity index (χ0n) is 27.0. The fraction of sp³-hybridized carbons (Fsp3) is 0.583. The Hall–Kier alpha value is -3.24. The highest BCUT2D eigenvalue weighted by Crippen LogP contribution is 2.46. The molecule has 1 N–H and O–H groups in total. The fourth-order valence-electron chi connectivity index (χ4n) is 7.96. The summed E-state index contributed by atoms with van der Waals surface area (Å²) in [4.78, 5) is 25.3. The maximum absolute atomic E-state index is 16.3. The summed E-state index contributed by atoms with van der Waals surface area (Å²) in [5.74, 6) is -4.80. The molecule has 1 aromatic carbocycles. The average molecular weight is 638 g/mol. The molecule has 0 amide bonds. The molecule has 4 aliphatic rings. The first kappa shape index (κ1) is 32.7. The number of hydrogen-bond donors (Lipinski definition) is 1. The fourth-order valence-corrected chi connectivity index (χ4v) is 7.96. The summed E-state index contributed by atoms with van der Waals surface area (Å²) in [5, 5.41) is 3.90. The third-order valence-electron chi connectivity index (χ3n) is 10.5. The highest BCUT2D eigenvalue weighted by atomic mass is 19.3. The molecule has 3 aromatic rings. The molecule has 0 radical (unpaired) electrons. The van der Waals surface area contributed by atoms with E-state index < -0.39 is 29.3 Å². The topological polar surface area (TPSA) is 72.3 Å². The monoisotopic (exact) mass is 637 g/mol. The molecule has 0 aliphatic carbocycles. The van der Waals surface area contributed by atoms with Crippen molar-refractivity contribution in [3.63, 3.8) is 0 Å². The number of ether oxygens (including phenoxy) is 1. The summed E-state index contributed by atoms with van der Waals surface area (Å²) in [7, 11) is 0. The normalized spacial score (nSPS) is 28.0. The first-order chi connectivity index (χ1) is 22.2. The van der Waals surface area contributed by atoms with Crippen LogP contribution in [0.15, 0.2) is 48.0 Å². The van der Waals surface area contributed by atoms with E-state index in [2.05, 4.69) is 26.8 Å². The lowest BCUT2D eigenvalue weighted by Gasteiger charge is -2.45. The maximum atomic E-state index is 16.3. The summed E-state index contributed by atoms with van der Waals surface area (Å²) < 4.78 is 56.1. The Labute approximate surface area is 269 Å². The molecular weight excluding hydrogens is 591 g/mol. The predicted octanol–water partition coefficient (Wildman–Crippen LogP) is 7.71. The molecule has 7 nitrogen and oxygen atoms in total. The van der Waals surface area contributed by atoms with Gasteiger partial charge < -0.3 is 10.1 Å². The quantitative estimate of drug-likeness (QED) is 0.290. The number of halogens is 3. The number of anilines is 1. The van der Waals surface area contributed by atoms with Crippen LogP contribution >= 0.6 is 0 Å². The van der Waals surface area contributed by atoms with Crippen LogP contribution in [0.5, 0.6) is 0 Å². The van der Waals surface area contributed by atoms with E-state index in [1.165, 1.54) is 30.6 Å². The van der Waals surface area contributed by atoms with Crippen LogP contribution in [0, 0.1) is 11.7 Å². The molecule has 2 fully saturated rings. The van der Waals surface area contributed by atoms with Crippen molar-refractivity contribution in [1.29, 1.82) is 0 Å². The van der Waals surface area contributed by atoms with Gasteiger partial charge in [0.25, 0.3) is 11.5 Å². The average Bonchev–Trinajstić information content (AvgIpc) is 3.05. The first-order valence-corrected chi connectivity index (χ1v) is 17.0. The van der Waals surface area contributed by atoms with Gasteiger partial charge in [-0.05, 0) is 70.9 Å². The second-order valence-corrected chi connectivity index (χ2v) is 13.5. The van der Waals surface area contributed by atoms with E-state index in [0.717, 1.165) is 51.5 Å². The number of aromatic nitrogens is 3. The molecule has 2 saturated heterocycles. The summed E-state index contributed by atoms with van der Waals surface area (Å²) in [6.07, 6.45) is 9.85. The zero-order chi connectivity index (χ0) is 32.4. The van der Waals surface area contributed by atoms with Crippen LogP contribution in [0.2, 0.25) is 0 Å². The van der Waals surface area contributed by atoms with Crippen LogP contribution in [0.3, 0.4) is 0 Å². The number of piperidine rings is 1. The lowest BCUT2D eigenvalue weighted by Crippen LogP contribution is -2.50. The van der Waals surface area contributed by atoms with Crippen LogP contribution in [0.4, 0.5) is 19.0 Å². The molecule has 0 spiro atoms. The van der Waals surface area contributed by atoms with Gasteiger partial charge >= 0.3 is 0 Å². The Morgan fingerprint density at radius 2 is 1.70 bits per heavy atom. The van der Waals surface area contributed by atoms with Gasteiger partial charge in [0, 0.05) is 48.9 Å². The smallest absolute Gasteiger partial charge is 0.278 e. The van der Waals surface area contributed by atoms with Crippen LogP contribution in [-0.4, -0.2) is 51.3 Å². The van der Waals surface area contributed by atoms with E-state index in [0.29, 0.717) is 55.0 Å². The van der Waals surface area contributed by atoms with E-state index in [1.807, 2.05) is 19.9 Å². The second-order valence-electron chi connectivity index (χ2n) is 13.5. The first-order valence-electron chi connectivity index (χ1n) is 17.0. The molecule has 248 valence electrons. The standard InChI is InChI=1S/C36H46F3N5O2/c1-4-31-27-11-10-12-30(32(27)37)36(38,39)26-19-23(2)43(24(3)20-26)15-8-6-5-7-9-16-44-34-29(33(42-31)40-22-41-34)21-28(35(44)45)25-13-17-46-18-14-25/h4,10-12,21-26,31H,1,5-9,13-20H2,2-3H3,(H,40,41,42)/t23?,24?,26?,31-/m1/s1. The van der Waals surface area contributed by atoms with Gasteiger partial charge in [0.2, 0.25) is 0 Å². The van der Waals surface area contributed by atoms with Crippen LogP contribution in [0.1, 0.15) is 100 Å². The minimum Gasteiger partial charge on any atom is -0.381 e. The highest BCUT2D eigenvalue weighted by molar-refractivity contribution is 5.87. The van der Waals surface area contributed by atoms with E-state index in [1.54, 1.807) is 4.57 Å². The Balaban J connectivity index is 1.44. The number of fused-ring (bicyclic) bond motifs is 9. The molecule has 7 rings (SSSR count). The van der Waals surface area contributed by atoms with Gasteiger partial charge in [0.15, 0.2) is 0 Å². The minimum absolute atomic E-state index is 0.0236.